The molecule has 0 saturated heterocycles. The van der Waals surface area contributed by atoms with E-state index >= 15 is 8.78 Å². The minimum absolute atomic E-state index is 0.0798. The van der Waals surface area contributed by atoms with Crippen LogP contribution in [0.1, 0.15) is 87.8 Å². The Bertz CT molecular complexity index is 1200. The Labute approximate surface area is 224 Å². The van der Waals surface area contributed by atoms with Gasteiger partial charge in [-0.3, -0.25) is 0 Å². The third kappa shape index (κ3) is 6.59. The van der Waals surface area contributed by atoms with Crippen LogP contribution in [-0.2, 0) is 12.8 Å². The lowest BCUT2D eigenvalue weighted by atomic mass is 9.76. The second-order valence-electron chi connectivity index (χ2n) is 10.5. The molecule has 1 nitrogen and oxygen atoms in total. The molecule has 0 aliphatic heterocycles. The van der Waals surface area contributed by atoms with Crippen molar-refractivity contribution in [3.63, 3.8) is 0 Å². The lowest BCUT2D eigenvalue weighted by Crippen LogP contribution is -2.15. The largest absolute Gasteiger partial charge is 0.491 e. The summed E-state index contributed by atoms with van der Waals surface area (Å²) < 4.78 is 63.9. The van der Waals surface area contributed by atoms with Crippen molar-refractivity contribution in [1.82, 2.24) is 0 Å². The van der Waals surface area contributed by atoms with Gasteiger partial charge in [-0.15, -0.1) is 0 Å². The summed E-state index contributed by atoms with van der Waals surface area (Å²) in [5, 5.41) is 0. The molecule has 4 rings (SSSR count). The van der Waals surface area contributed by atoms with Gasteiger partial charge in [-0.2, -0.15) is 4.39 Å². The zero-order valence-corrected chi connectivity index (χ0v) is 22.5. The van der Waals surface area contributed by atoms with Crippen LogP contribution >= 0.6 is 0 Å². The van der Waals surface area contributed by atoms with Crippen LogP contribution in [-0.4, -0.2) is 6.61 Å². The number of unbranched alkanes of at least 4 members (excludes halogenated alkanes) is 2. The molecule has 3 aromatic rings. The van der Waals surface area contributed by atoms with E-state index in [1.165, 1.54) is 37.8 Å². The fourth-order valence-corrected chi connectivity index (χ4v) is 5.71. The van der Waals surface area contributed by atoms with E-state index in [0.717, 1.165) is 31.2 Å². The highest BCUT2D eigenvalue weighted by Crippen LogP contribution is 2.40. The molecule has 204 valence electrons. The molecule has 0 radical (unpaired) electrons. The Morgan fingerprint density at radius 3 is 2.13 bits per heavy atom. The first kappa shape index (κ1) is 28.2. The van der Waals surface area contributed by atoms with Crippen LogP contribution in [0, 0.1) is 29.2 Å². The fourth-order valence-electron chi connectivity index (χ4n) is 5.71. The van der Waals surface area contributed by atoms with Gasteiger partial charge in [-0.1, -0.05) is 75.1 Å². The van der Waals surface area contributed by atoms with E-state index < -0.39 is 23.3 Å². The predicted octanol–water partition coefficient (Wildman–Crippen LogP) is 9.95. The van der Waals surface area contributed by atoms with Crippen LogP contribution in [0.5, 0.6) is 5.75 Å². The van der Waals surface area contributed by atoms with Crippen molar-refractivity contribution in [2.24, 2.45) is 5.92 Å². The molecule has 0 amide bonds. The molecular formula is C33H38F4O. The zero-order chi connectivity index (χ0) is 27.1. The number of rotatable bonds is 11. The van der Waals surface area contributed by atoms with Gasteiger partial charge >= 0.3 is 0 Å². The second-order valence-corrected chi connectivity index (χ2v) is 10.5. The van der Waals surface area contributed by atoms with E-state index in [-0.39, 0.29) is 29.4 Å². The predicted molar refractivity (Wildman–Crippen MR) is 146 cm³/mol. The van der Waals surface area contributed by atoms with E-state index in [4.69, 9.17) is 4.74 Å². The topological polar surface area (TPSA) is 9.23 Å². The Hall–Kier alpha value is -2.82. The summed E-state index contributed by atoms with van der Waals surface area (Å²) in [4.78, 5) is 0. The van der Waals surface area contributed by atoms with Crippen molar-refractivity contribution < 1.29 is 22.3 Å². The molecule has 38 heavy (non-hydrogen) atoms. The minimum Gasteiger partial charge on any atom is -0.491 e. The number of ether oxygens (including phenoxy) is 1. The first-order chi connectivity index (χ1) is 18.4. The summed E-state index contributed by atoms with van der Waals surface area (Å²) in [6.07, 6.45) is 9.81. The Kier molecular flexibility index (Phi) is 9.87. The Morgan fingerprint density at radius 1 is 0.711 bits per heavy atom. The molecule has 5 heteroatoms. The molecule has 0 aromatic heterocycles. The third-order valence-electron chi connectivity index (χ3n) is 7.99. The number of halogens is 4. The summed E-state index contributed by atoms with van der Waals surface area (Å²) >= 11 is 0. The molecule has 0 spiro atoms. The summed E-state index contributed by atoms with van der Waals surface area (Å²) in [5.41, 5.74) is 2.50. The zero-order valence-electron chi connectivity index (χ0n) is 22.5. The maximum absolute atomic E-state index is 15.2. The lowest BCUT2D eigenvalue weighted by Gasteiger charge is -2.29. The Balaban J connectivity index is 1.39. The van der Waals surface area contributed by atoms with Crippen molar-refractivity contribution in [2.75, 3.05) is 6.61 Å². The average molecular weight is 527 g/mol. The van der Waals surface area contributed by atoms with Gasteiger partial charge in [0.25, 0.3) is 0 Å². The molecular weight excluding hydrogens is 488 g/mol. The highest BCUT2D eigenvalue weighted by atomic mass is 19.2. The van der Waals surface area contributed by atoms with Gasteiger partial charge in [0.1, 0.15) is 0 Å². The second kappa shape index (κ2) is 13.3. The van der Waals surface area contributed by atoms with E-state index in [0.29, 0.717) is 29.9 Å². The molecule has 3 aromatic carbocycles. The van der Waals surface area contributed by atoms with Crippen LogP contribution in [0.4, 0.5) is 17.6 Å². The number of benzene rings is 3. The molecule has 1 saturated carbocycles. The first-order valence-electron chi connectivity index (χ1n) is 14.1. The summed E-state index contributed by atoms with van der Waals surface area (Å²) in [6.45, 7) is 4.18. The summed E-state index contributed by atoms with van der Waals surface area (Å²) in [7, 11) is 0. The minimum atomic E-state index is -0.972. The molecule has 0 heterocycles. The van der Waals surface area contributed by atoms with Gasteiger partial charge in [0.05, 0.1) is 6.61 Å². The SMILES string of the molecule is CCCCCC1CCC(c2ccc(-c3ccc(CCc4ccc(OCC)c(F)c4F)cc3)c(F)c2F)CC1. The van der Waals surface area contributed by atoms with E-state index in [2.05, 4.69) is 6.92 Å². The molecule has 0 N–H and O–H groups in total. The van der Waals surface area contributed by atoms with E-state index in [1.54, 1.807) is 31.2 Å². The van der Waals surface area contributed by atoms with Gasteiger partial charge in [0, 0.05) is 5.56 Å². The standard InChI is InChI=1S/C33H38F4O/c1-3-5-6-7-22-8-13-24(14-9-22)27-19-20-28(32(36)31(27)35)25-15-10-23(11-16-25)12-17-26-18-21-29(38-4-2)33(37)30(26)34/h10-11,15-16,18-22,24H,3-9,12-14,17H2,1-2H3. The van der Waals surface area contributed by atoms with Gasteiger partial charge in [0.2, 0.25) is 5.82 Å². The molecule has 1 aliphatic carbocycles. The van der Waals surface area contributed by atoms with Gasteiger partial charge in [-0.05, 0) is 85.6 Å². The summed E-state index contributed by atoms with van der Waals surface area (Å²) in [5.74, 6) is -2.68. The maximum atomic E-state index is 15.2. The normalized spacial score (nSPS) is 17.5. The molecule has 1 aliphatic rings. The van der Waals surface area contributed by atoms with E-state index in [1.807, 2.05) is 12.1 Å². The van der Waals surface area contributed by atoms with Crippen LogP contribution < -0.4 is 4.74 Å². The highest BCUT2D eigenvalue weighted by Gasteiger charge is 2.26. The fraction of sp³-hybridized carbons (Fsp3) is 0.455. The van der Waals surface area contributed by atoms with Crippen molar-refractivity contribution in [1.29, 1.82) is 0 Å². The third-order valence-corrected chi connectivity index (χ3v) is 7.99. The number of hydrogen-bond acceptors (Lipinski definition) is 1. The maximum Gasteiger partial charge on any atom is 0.200 e. The number of hydrogen-bond donors (Lipinski definition) is 0. The van der Waals surface area contributed by atoms with Crippen LogP contribution in [0.15, 0.2) is 48.5 Å². The number of aryl methyl sites for hydroxylation is 2. The van der Waals surface area contributed by atoms with Gasteiger partial charge < -0.3 is 4.74 Å². The van der Waals surface area contributed by atoms with Crippen molar-refractivity contribution in [2.45, 2.75) is 84.0 Å². The lowest BCUT2D eigenvalue weighted by molar-refractivity contribution is 0.298. The van der Waals surface area contributed by atoms with Gasteiger partial charge in [-0.25, -0.2) is 13.2 Å². The quantitative estimate of drug-likeness (QED) is 0.178. The van der Waals surface area contributed by atoms with Crippen molar-refractivity contribution in [3.05, 3.63) is 88.5 Å². The highest BCUT2D eigenvalue weighted by molar-refractivity contribution is 5.65. The Morgan fingerprint density at radius 2 is 1.45 bits per heavy atom. The molecule has 0 bridgehead atoms. The smallest absolute Gasteiger partial charge is 0.200 e. The van der Waals surface area contributed by atoms with Gasteiger partial charge in [0.15, 0.2) is 23.2 Å². The van der Waals surface area contributed by atoms with Crippen LogP contribution in [0.2, 0.25) is 0 Å². The monoisotopic (exact) mass is 526 g/mol. The molecule has 1 fully saturated rings. The van der Waals surface area contributed by atoms with Crippen LogP contribution in [0.25, 0.3) is 11.1 Å². The average Bonchev–Trinajstić information content (AvgIpc) is 2.93. The van der Waals surface area contributed by atoms with Crippen LogP contribution in [0.3, 0.4) is 0 Å². The van der Waals surface area contributed by atoms with E-state index in [9.17, 15) is 8.78 Å². The van der Waals surface area contributed by atoms with Crippen molar-refractivity contribution >= 4 is 0 Å². The summed E-state index contributed by atoms with van der Waals surface area (Å²) in [6, 6.07) is 13.6. The van der Waals surface area contributed by atoms with Crippen molar-refractivity contribution in [3.8, 4) is 16.9 Å². The molecule has 0 atom stereocenters. The first-order valence-corrected chi connectivity index (χ1v) is 14.1. The molecule has 0 unspecified atom stereocenters.